The second-order valence-corrected chi connectivity index (χ2v) is 5.92. The van der Waals surface area contributed by atoms with Crippen molar-refractivity contribution < 1.29 is 0 Å². The largest absolute Gasteiger partial charge is 0.309 e. The highest BCUT2D eigenvalue weighted by atomic mass is 15.3. The Kier molecular flexibility index (Phi) is 4.47. The molecule has 0 unspecified atom stereocenters. The molecule has 0 bridgehead atoms. The Labute approximate surface area is 98.5 Å². The topological polar surface area (TPSA) is 42.7 Å². The average molecular weight is 224 g/mol. The number of aromatic nitrogens is 3. The Morgan fingerprint density at radius 2 is 2.06 bits per heavy atom. The maximum Gasteiger partial charge on any atom is 0.140 e. The summed E-state index contributed by atoms with van der Waals surface area (Å²) >= 11 is 0. The Balaban J connectivity index is 2.45. The van der Waals surface area contributed by atoms with E-state index in [-0.39, 0.29) is 0 Å². The molecule has 0 saturated heterocycles. The summed E-state index contributed by atoms with van der Waals surface area (Å²) in [5, 5.41) is 7.66. The Morgan fingerprint density at radius 1 is 1.38 bits per heavy atom. The van der Waals surface area contributed by atoms with E-state index < -0.39 is 0 Å². The van der Waals surface area contributed by atoms with E-state index in [1.165, 1.54) is 0 Å². The number of nitrogens with one attached hydrogen (secondary N) is 1. The molecule has 0 aromatic carbocycles. The predicted molar refractivity (Wildman–Crippen MR) is 66.0 cm³/mol. The van der Waals surface area contributed by atoms with E-state index >= 15 is 0 Å². The lowest BCUT2D eigenvalue weighted by molar-refractivity contribution is 0.371. The quantitative estimate of drug-likeness (QED) is 0.832. The summed E-state index contributed by atoms with van der Waals surface area (Å²) in [7, 11) is 0. The summed E-state index contributed by atoms with van der Waals surface area (Å²) < 4.78 is 1.99. The van der Waals surface area contributed by atoms with Crippen LogP contribution in [0.5, 0.6) is 0 Å². The molecule has 1 heterocycles. The molecule has 0 fully saturated rings. The molecule has 92 valence electrons. The van der Waals surface area contributed by atoms with Crippen LogP contribution in [0.15, 0.2) is 6.33 Å². The van der Waals surface area contributed by atoms with Crippen molar-refractivity contribution in [3.8, 4) is 0 Å². The van der Waals surface area contributed by atoms with Gasteiger partial charge in [0, 0.05) is 13.1 Å². The highest BCUT2D eigenvalue weighted by Gasteiger charge is 2.11. The SMILES string of the molecule is CC(C)Cn1ncnc1CNCC(C)(C)C. The van der Waals surface area contributed by atoms with Crippen molar-refractivity contribution in [3.05, 3.63) is 12.2 Å². The first-order valence-electron chi connectivity index (χ1n) is 5.96. The van der Waals surface area contributed by atoms with Gasteiger partial charge in [0.05, 0.1) is 6.54 Å². The van der Waals surface area contributed by atoms with Gasteiger partial charge in [-0.2, -0.15) is 5.10 Å². The van der Waals surface area contributed by atoms with Crippen LogP contribution in [0.2, 0.25) is 0 Å². The van der Waals surface area contributed by atoms with Gasteiger partial charge in [-0.3, -0.25) is 0 Å². The van der Waals surface area contributed by atoms with Gasteiger partial charge in [-0.05, 0) is 11.3 Å². The Bertz CT molecular complexity index is 309. The number of rotatable bonds is 5. The first-order valence-corrected chi connectivity index (χ1v) is 5.96. The maximum absolute atomic E-state index is 4.28. The minimum absolute atomic E-state index is 0.308. The third kappa shape index (κ3) is 4.75. The van der Waals surface area contributed by atoms with Crippen molar-refractivity contribution in [2.75, 3.05) is 6.54 Å². The molecule has 0 radical (unpaired) electrons. The summed E-state index contributed by atoms with van der Waals surface area (Å²) in [6.45, 7) is 13.8. The number of nitrogens with zero attached hydrogens (tertiary/aromatic N) is 3. The first kappa shape index (κ1) is 13.2. The molecule has 1 aromatic rings. The van der Waals surface area contributed by atoms with Gasteiger partial charge in [-0.25, -0.2) is 9.67 Å². The Morgan fingerprint density at radius 3 is 2.62 bits per heavy atom. The van der Waals surface area contributed by atoms with Crippen molar-refractivity contribution in [2.24, 2.45) is 11.3 Å². The van der Waals surface area contributed by atoms with Crippen LogP contribution >= 0.6 is 0 Å². The van der Waals surface area contributed by atoms with E-state index in [0.717, 1.165) is 25.5 Å². The fourth-order valence-corrected chi connectivity index (χ4v) is 1.47. The standard InChI is InChI=1S/C12H24N4/c1-10(2)7-16-11(14-9-15-16)6-13-8-12(3,4)5/h9-10,13H,6-8H2,1-5H3. The minimum atomic E-state index is 0.308. The highest BCUT2D eigenvalue weighted by molar-refractivity contribution is 4.84. The molecule has 1 rings (SSSR count). The molecule has 16 heavy (non-hydrogen) atoms. The van der Waals surface area contributed by atoms with Gasteiger partial charge >= 0.3 is 0 Å². The van der Waals surface area contributed by atoms with Crippen LogP contribution in [-0.4, -0.2) is 21.3 Å². The zero-order chi connectivity index (χ0) is 12.2. The van der Waals surface area contributed by atoms with E-state index in [9.17, 15) is 0 Å². The third-order valence-electron chi connectivity index (χ3n) is 2.17. The molecule has 0 saturated carbocycles. The summed E-state index contributed by atoms with van der Waals surface area (Å²) in [4.78, 5) is 4.28. The minimum Gasteiger partial charge on any atom is -0.309 e. The summed E-state index contributed by atoms with van der Waals surface area (Å²) in [5.41, 5.74) is 0.308. The molecule has 0 spiro atoms. The van der Waals surface area contributed by atoms with Crippen LogP contribution in [0.4, 0.5) is 0 Å². The Hall–Kier alpha value is -0.900. The molecule has 0 aliphatic carbocycles. The fraction of sp³-hybridized carbons (Fsp3) is 0.833. The van der Waals surface area contributed by atoms with Crippen LogP contribution in [0.3, 0.4) is 0 Å². The third-order valence-corrected chi connectivity index (χ3v) is 2.17. The first-order chi connectivity index (χ1) is 7.38. The lowest BCUT2D eigenvalue weighted by atomic mass is 9.97. The van der Waals surface area contributed by atoms with Crippen LogP contribution in [-0.2, 0) is 13.1 Å². The van der Waals surface area contributed by atoms with Crippen LogP contribution in [0, 0.1) is 11.3 Å². The molecular formula is C12H24N4. The van der Waals surface area contributed by atoms with E-state index in [0.29, 0.717) is 11.3 Å². The molecule has 0 atom stereocenters. The molecular weight excluding hydrogens is 200 g/mol. The fourth-order valence-electron chi connectivity index (χ4n) is 1.47. The molecule has 1 N–H and O–H groups in total. The van der Waals surface area contributed by atoms with Gasteiger partial charge in [0.25, 0.3) is 0 Å². The van der Waals surface area contributed by atoms with Gasteiger partial charge in [0.2, 0.25) is 0 Å². The second-order valence-electron chi connectivity index (χ2n) is 5.92. The van der Waals surface area contributed by atoms with Gasteiger partial charge in [0.15, 0.2) is 0 Å². The predicted octanol–water partition coefficient (Wildman–Crippen LogP) is 2.07. The smallest absolute Gasteiger partial charge is 0.140 e. The molecule has 0 aliphatic rings. The van der Waals surface area contributed by atoms with E-state index in [1.807, 2.05) is 4.68 Å². The maximum atomic E-state index is 4.28. The van der Waals surface area contributed by atoms with Crippen molar-refractivity contribution >= 4 is 0 Å². The summed E-state index contributed by atoms with van der Waals surface area (Å²) in [5.74, 6) is 1.63. The van der Waals surface area contributed by atoms with Gasteiger partial charge < -0.3 is 5.32 Å². The van der Waals surface area contributed by atoms with E-state index in [4.69, 9.17) is 0 Å². The molecule has 4 nitrogen and oxygen atoms in total. The highest BCUT2D eigenvalue weighted by Crippen LogP contribution is 2.10. The second kappa shape index (κ2) is 5.43. The van der Waals surface area contributed by atoms with Crippen molar-refractivity contribution in [1.82, 2.24) is 20.1 Å². The van der Waals surface area contributed by atoms with Crippen LogP contribution in [0.1, 0.15) is 40.4 Å². The van der Waals surface area contributed by atoms with Crippen molar-refractivity contribution in [3.63, 3.8) is 0 Å². The molecule has 4 heteroatoms. The van der Waals surface area contributed by atoms with Crippen molar-refractivity contribution in [1.29, 1.82) is 0 Å². The number of hydrogen-bond acceptors (Lipinski definition) is 3. The monoisotopic (exact) mass is 224 g/mol. The van der Waals surface area contributed by atoms with Gasteiger partial charge in [-0.1, -0.05) is 34.6 Å². The molecule has 1 aromatic heterocycles. The number of hydrogen-bond donors (Lipinski definition) is 1. The van der Waals surface area contributed by atoms with Crippen LogP contribution in [0.25, 0.3) is 0 Å². The summed E-state index contributed by atoms with van der Waals surface area (Å²) in [6, 6.07) is 0. The van der Waals surface area contributed by atoms with Gasteiger partial charge in [0.1, 0.15) is 12.2 Å². The lowest BCUT2D eigenvalue weighted by Crippen LogP contribution is -2.28. The summed E-state index contributed by atoms with van der Waals surface area (Å²) in [6.07, 6.45) is 1.64. The average Bonchev–Trinajstić information content (AvgIpc) is 2.49. The molecule has 0 amide bonds. The zero-order valence-corrected chi connectivity index (χ0v) is 11.1. The zero-order valence-electron chi connectivity index (χ0n) is 11.1. The van der Waals surface area contributed by atoms with E-state index in [1.54, 1.807) is 6.33 Å². The van der Waals surface area contributed by atoms with Crippen LogP contribution < -0.4 is 5.32 Å². The lowest BCUT2D eigenvalue weighted by Gasteiger charge is -2.18. The van der Waals surface area contributed by atoms with Crippen molar-refractivity contribution in [2.45, 2.75) is 47.7 Å². The normalized spacial score (nSPS) is 12.4. The molecule has 0 aliphatic heterocycles. The van der Waals surface area contributed by atoms with Gasteiger partial charge in [-0.15, -0.1) is 0 Å². The van der Waals surface area contributed by atoms with E-state index in [2.05, 4.69) is 50.0 Å².